The lowest BCUT2D eigenvalue weighted by atomic mass is 10.0. The fourth-order valence-electron chi connectivity index (χ4n) is 2.76. The van der Waals surface area contributed by atoms with Gasteiger partial charge in [-0.3, -0.25) is 19.3 Å². The van der Waals surface area contributed by atoms with Crippen molar-refractivity contribution in [1.29, 1.82) is 0 Å². The minimum Gasteiger partial charge on any atom is -0.342 e. The molecule has 0 bridgehead atoms. The van der Waals surface area contributed by atoms with Gasteiger partial charge >= 0.3 is 0 Å². The van der Waals surface area contributed by atoms with E-state index in [4.69, 9.17) is 0 Å². The second-order valence-electron chi connectivity index (χ2n) is 6.61. The molecule has 1 amide bonds. The molecule has 9 nitrogen and oxygen atoms in total. The van der Waals surface area contributed by atoms with Gasteiger partial charge < -0.3 is 10.3 Å². The van der Waals surface area contributed by atoms with Crippen molar-refractivity contribution in [2.24, 2.45) is 13.0 Å². The summed E-state index contributed by atoms with van der Waals surface area (Å²) in [6, 6.07) is 3.16. The summed E-state index contributed by atoms with van der Waals surface area (Å²) < 4.78 is 1.61. The third kappa shape index (κ3) is 4.25. The molecule has 1 atom stereocenters. The highest BCUT2D eigenvalue weighted by Gasteiger charge is 2.23. The molecular formula is C18H21N7O2. The molecule has 9 heteroatoms. The molecule has 0 radical (unpaired) electrons. The highest BCUT2D eigenvalue weighted by Crippen LogP contribution is 2.19. The lowest BCUT2D eigenvalue weighted by molar-refractivity contribution is 0.0927. The Morgan fingerprint density at radius 3 is 2.70 bits per heavy atom. The lowest BCUT2D eigenvalue weighted by Crippen LogP contribution is -2.35. The van der Waals surface area contributed by atoms with Crippen LogP contribution in [-0.4, -0.2) is 35.6 Å². The van der Waals surface area contributed by atoms with E-state index in [1.54, 1.807) is 36.3 Å². The number of amides is 1. The smallest absolute Gasteiger partial charge is 0.264 e. The van der Waals surface area contributed by atoms with Crippen LogP contribution in [-0.2, 0) is 7.05 Å². The third-order valence-electron chi connectivity index (χ3n) is 4.05. The van der Waals surface area contributed by atoms with Gasteiger partial charge in [0.15, 0.2) is 0 Å². The van der Waals surface area contributed by atoms with E-state index in [2.05, 4.69) is 30.4 Å². The number of hydrogen-bond acceptors (Lipinski definition) is 6. The highest BCUT2D eigenvalue weighted by molar-refractivity contribution is 5.93. The van der Waals surface area contributed by atoms with Gasteiger partial charge in [-0.1, -0.05) is 13.8 Å². The average molecular weight is 367 g/mol. The van der Waals surface area contributed by atoms with Crippen molar-refractivity contribution >= 4 is 5.91 Å². The second-order valence-corrected chi connectivity index (χ2v) is 6.61. The van der Waals surface area contributed by atoms with E-state index in [1.165, 1.54) is 12.5 Å². The van der Waals surface area contributed by atoms with Crippen LogP contribution in [0.2, 0.25) is 0 Å². The second kappa shape index (κ2) is 7.90. The molecule has 27 heavy (non-hydrogen) atoms. The molecule has 0 aliphatic carbocycles. The van der Waals surface area contributed by atoms with Crippen LogP contribution in [0.5, 0.6) is 0 Å². The predicted octanol–water partition coefficient (Wildman–Crippen LogP) is 1.48. The van der Waals surface area contributed by atoms with E-state index in [9.17, 15) is 9.59 Å². The first-order chi connectivity index (χ1) is 13.0. The maximum atomic E-state index is 12.7. The summed E-state index contributed by atoms with van der Waals surface area (Å²) in [5, 5.41) is 6.93. The summed E-state index contributed by atoms with van der Waals surface area (Å²) in [5.41, 5.74) is 0.0968. The quantitative estimate of drug-likeness (QED) is 0.681. The number of H-pyrrole nitrogens is 1. The van der Waals surface area contributed by atoms with Crippen LogP contribution in [0, 0.1) is 5.92 Å². The van der Waals surface area contributed by atoms with Crippen molar-refractivity contribution in [3.63, 3.8) is 0 Å². The van der Waals surface area contributed by atoms with E-state index in [1.807, 2.05) is 13.8 Å². The zero-order valence-electron chi connectivity index (χ0n) is 15.4. The number of nitrogens with one attached hydrogen (secondary N) is 2. The molecule has 1 unspecified atom stereocenters. The highest BCUT2D eigenvalue weighted by atomic mass is 16.2. The molecule has 2 N–H and O–H groups in total. The number of pyridine rings is 1. The molecule has 0 aliphatic rings. The fraction of sp³-hybridized carbons (Fsp3) is 0.333. The van der Waals surface area contributed by atoms with Crippen molar-refractivity contribution in [1.82, 2.24) is 35.0 Å². The summed E-state index contributed by atoms with van der Waals surface area (Å²) >= 11 is 0. The Labute approximate surface area is 155 Å². The topological polar surface area (TPSA) is 118 Å². The molecule has 0 aliphatic heterocycles. The monoisotopic (exact) mass is 367 g/mol. The van der Waals surface area contributed by atoms with E-state index in [0.717, 1.165) is 0 Å². The SMILES string of the molecule is CC(C)CC(NC(=O)c1cnc(-c2cccnc2)[nH]c1=O)c1ncnn1C. The summed E-state index contributed by atoms with van der Waals surface area (Å²) in [6.07, 6.45) is 6.60. The molecule has 3 rings (SSSR count). The molecule has 0 aromatic carbocycles. The first kappa shape index (κ1) is 18.4. The van der Waals surface area contributed by atoms with Crippen molar-refractivity contribution in [2.45, 2.75) is 26.3 Å². The van der Waals surface area contributed by atoms with E-state index >= 15 is 0 Å². The van der Waals surface area contributed by atoms with Gasteiger partial charge in [-0.05, 0) is 24.5 Å². The number of carbonyl (C=O) groups excluding carboxylic acids is 1. The van der Waals surface area contributed by atoms with Gasteiger partial charge in [-0.2, -0.15) is 5.10 Å². The Morgan fingerprint density at radius 2 is 2.11 bits per heavy atom. The Bertz CT molecular complexity index is 979. The molecule has 0 saturated carbocycles. The van der Waals surface area contributed by atoms with E-state index in [0.29, 0.717) is 29.6 Å². The number of aromatic nitrogens is 6. The molecule has 0 saturated heterocycles. The fourth-order valence-corrected chi connectivity index (χ4v) is 2.76. The van der Waals surface area contributed by atoms with Gasteiger partial charge in [0, 0.05) is 31.2 Å². The van der Waals surface area contributed by atoms with Gasteiger partial charge in [0.2, 0.25) is 0 Å². The molecule has 3 heterocycles. The normalized spacial score (nSPS) is 12.1. The summed E-state index contributed by atoms with van der Waals surface area (Å²) in [4.78, 5) is 40.1. The van der Waals surface area contributed by atoms with E-state index in [-0.39, 0.29) is 11.6 Å². The lowest BCUT2D eigenvalue weighted by Gasteiger charge is -2.19. The van der Waals surface area contributed by atoms with Gasteiger partial charge in [-0.25, -0.2) is 9.97 Å². The number of aromatic amines is 1. The molecule has 0 spiro atoms. The van der Waals surface area contributed by atoms with Crippen molar-refractivity contribution < 1.29 is 4.79 Å². The maximum absolute atomic E-state index is 12.7. The molecular weight excluding hydrogens is 346 g/mol. The van der Waals surface area contributed by atoms with Crippen LogP contribution < -0.4 is 10.9 Å². The standard InChI is InChI=1S/C18H21N7O2/c1-11(2)7-14(16-21-10-22-25(16)3)23-17(26)13-9-20-15(24-18(13)27)12-5-4-6-19-8-12/h4-6,8-11,14H,7H2,1-3H3,(H,23,26)(H,20,24,27). The third-order valence-corrected chi connectivity index (χ3v) is 4.05. The van der Waals surface area contributed by atoms with Crippen LogP contribution in [0.25, 0.3) is 11.4 Å². The van der Waals surface area contributed by atoms with Crippen LogP contribution in [0.4, 0.5) is 0 Å². The van der Waals surface area contributed by atoms with Gasteiger partial charge in [-0.15, -0.1) is 0 Å². The number of aryl methyl sites for hydroxylation is 1. The van der Waals surface area contributed by atoms with Crippen LogP contribution in [0.15, 0.2) is 41.8 Å². The largest absolute Gasteiger partial charge is 0.342 e. The van der Waals surface area contributed by atoms with Gasteiger partial charge in [0.1, 0.15) is 23.5 Å². The van der Waals surface area contributed by atoms with Crippen LogP contribution in [0.3, 0.4) is 0 Å². The molecule has 140 valence electrons. The Kier molecular flexibility index (Phi) is 5.39. The van der Waals surface area contributed by atoms with E-state index < -0.39 is 11.5 Å². The number of rotatable bonds is 6. The van der Waals surface area contributed by atoms with Crippen molar-refractivity contribution in [2.75, 3.05) is 0 Å². The van der Waals surface area contributed by atoms with Crippen molar-refractivity contribution in [3.05, 3.63) is 58.8 Å². The minimum atomic E-state index is -0.511. The van der Waals surface area contributed by atoms with Crippen molar-refractivity contribution in [3.8, 4) is 11.4 Å². The zero-order chi connectivity index (χ0) is 19.4. The number of hydrogen-bond donors (Lipinski definition) is 2. The number of carbonyl (C=O) groups is 1. The number of nitrogens with zero attached hydrogens (tertiary/aromatic N) is 5. The summed E-state index contributed by atoms with van der Waals surface area (Å²) in [6.45, 7) is 4.10. The van der Waals surface area contributed by atoms with Gasteiger partial charge in [0.05, 0.1) is 6.04 Å². The minimum absolute atomic E-state index is 0.0569. The Hall–Kier alpha value is -3.36. The average Bonchev–Trinajstić information content (AvgIpc) is 3.07. The first-order valence-electron chi connectivity index (χ1n) is 8.60. The summed E-state index contributed by atoms with van der Waals surface area (Å²) in [7, 11) is 1.76. The Balaban J connectivity index is 1.84. The maximum Gasteiger partial charge on any atom is 0.264 e. The van der Waals surface area contributed by atoms with Crippen LogP contribution >= 0.6 is 0 Å². The molecule has 3 aromatic rings. The van der Waals surface area contributed by atoms with Gasteiger partial charge in [0.25, 0.3) is 11.5 Å². The zero-order valence-corrected chi connectivity index (χ0v) is 15.4. The molecule has 3 aromatic heterocycles. The summed E-state index contributed by atoms with van der Waals surface area (Å²) in [5.74, 6) is 0.802. The predicted molar refractivity (Wildman–Crippen MR) is 98.8 cm³/mol. The van der Waals surface area contributed by atoms with Crippen LogP contribution in [0.1, 0.15) is 42.5 Å². The molecule has 0 fully saturated rings. The first-order valence-corrected chi connectivity index (χ1v) is 8.60. The Morgan fingerprint density at radius 1 is 1.30 bits per heavy atom.